The molecule has 4 rings (SSSR count). The molecule has 1 unspecified atom stereocenters. The van der Waals surface area contributed by atoms with E-state index in [1.807, 2.05) is 37.3 Å². The van der Waals surface area contributed by atoms with E-state index in [0.29, 0.717) is 17.3 Å². The van der Waals surface area contributed by atoms with Crippen LogP contribution < -0.4 is 19.5 Å². The van der Waals surface area contributed by atoms with E-state index in [0.717, 1.165) is 5.56 Å². The van der Waals surface area contributed by atoms with E-state index >= 15 is 0 Å². The lowest BCUT2D eigenvalue weighted by Gasteiger charge is -2.14. The van der Waals surface area contributed by atoms with Crippen molar-refractivity contribution in [3.05, 3.63) is 66.2 Å². The van der Waals surface area contributed by atoms with Gasteiger partial charge in [-0.3, -0.25) is 4.72 Å². The number of nitrogens with zero attached hydrogens (tertiary/aromatic N) is 2. The zero-order valence-electron chi connectivity index (χ0n) is 15.0. The third-order valence-corrected chi connectivity index (χ3v) is 5.57. The Balaban J connectivity index is 1.45. The Morgan fingerprint density at radius 1 is 0.929 bits per heavy atom. The van der Waals surface area contributed by atoms with Crippen molar-refractivity contribution in [2.24, 2.45) is 0 Å². The number of hydrogen-bond donors (Lipinski definition) is 2. The summed E-state index contributed by atoms with van der Waals surface area (Å²) in [4.78, 5) is 0.0541. The van der Waals surface area contributed by atoms with Gasteiger partial charge in [-0.2, -0.15) is 0 Å². The number of benzene rings is 2. The molecular formula is C19H18N4O4S. The second kappa shape index (κ2) is 7.35. The van der Waals surface area contributed by atoms with Gasteiger partial charge in [-0.15, -0.1) is 10.2 Å². The van der Waals surface area contributed by atoms with E-state index in [2.05, 4.69) is 20.2 Å². The number of rotatable bonds is 6. The van der Waals surface area contributed by atoms with Crippen molar-refractivity contribution in [2.75, 3.05) is 16.8 Å². The molecule has 2 heterocycles. The summed E-state index contributed by atoms with van der Waals surface area (Å²) in [5.41, 5.74) is 1.11. The van der Waals surface area contributed by atoms with Gasteiger partial charge in [0.05, 0.1) is 4.90 Å². The first-order valence-electron chi connectivity index (χ1n) is 8.59. The highest BCUT2D eigenvalue weighted by atomic mass is 32.2. The van der Waals surface area contributed by atoms with Crippen LogP contribution in [0, 0.1) is 0 Å². The van der Waals surface area contributed by atoms with Crippen molar-refractivity contribution >= 4 is 21.7 Å². The highest BCUT2D eigenvalue weighted by Gasteiger charge is 2.21. The number of anilines is 2. The highest BCUT2D eigenvalue weighted by molar-refractivity contribution is 7.92. The van der Waals surface area contributed by atoms with Gasteiger partial charge < -0.3 is 14.8 Å². The van der Waals surface area contributed by atoms with Crippen LogP contribution in [0.3, 0.4) is 0 Å². The third kappa shape index (κ3) is 3.84. The molecule has 0 amide bonds. The fraction of sp³-hybridized carbons (Fsp3) is 0.158. The molecule has 0 saturated heterocycles. The molecule has 8 nitrogen and oxygen atoms in total. The van der Waals surface area contributed by atoms with E-state index in [1.165, 1.54) is 12.1 Å². The molecule has 1 atom stereocenters. The van der Waals surface area contributed by atoms with Crippen LogP contribution in [0.25, 0.3) is 0 Å². The molecule has 1 aromatic heterocycles. The summed E-state index contributed by atoms with van der Waals surface area (Å²) in [5.74, 6) is 1.57. The van der Waals surface area contributed by atoms with Crippen LogP contribution in [-0.4, -0.2) is 25.4 Å². The second-order valence-electron chi connectivity index (χ2n) is 6.20. The van der Waals surface area contributed by atoms with Gasteiger partial charge in [-0.25, -0.2) is 8.42 Å². The molecule has 3 aromatic rings. The lowest BCUT2D eigenvalue weighted by molar-refractivity contribution is 0.174. The fourth-order valence-corrected chi connectivity index (χ4v) is 3.76. The van der Waals surface area contributed by atoms with Crippen LogP contribution in [0.15, 0.2) is 65.6 Å². The summed E-state index contributed by atoms with van der Waals surface area (Å²) in [6.07, 6.45) is 0. The van der Waals surface area contributed by atoms with Gasteiger partial charge in [-0.05, 0) is 36.8 Å². The molecule has 9 heteroatoms. The Kier molecular flexibility index (Phi) is 4.74. The SMILES string of the molecule is CC(Nc1ccc(NS(=O)(=O)c2ccc3c(c2)OCO3)nn1)c1ccccc1. The molecule has 1 aliphatic rings. The molecule has 2 aromatic carbocycles. The van der Waals surface area contributed by atoms with Crippen molar-refractivity contribution in [3.63, 3.8) is 0 Å². The number of ether oxygens (including phenoxy) is 2. The van der Waals surface area contributed by atoms with Crippen LogP contribution in [-0.2, 0) is 10.0 Å². The van der Waals surface area contributed by atoms with E-state index in [9.17, 15) is 8.42 Å². The Bertz CT molecular complexity index is 1070. The topological polar surface area (TPSA) is 102 Å². The number of sulfonamides is 1. The van der Waals surface area contributed by atoms with Crippen LogP contribution in [0.4, 0.5) is 11.6 Å². The summed E-state index contributed by atoms with van der Waals surface area (Å²) in [7, 11) is -3.82. The first-order chi connectivity index (χ1) is 13.5. The average molecular weight is 398 g/mol. The predicted octanol–water partition coefficient (Wildman–Crippen LogP) is 3.18. The molecule has 2 N–H and O–H groups in total. The first kappa shape index (κ1) is 18.1. The minimum Gasteiger partial charge on any atom is -0.454 e. The van der Waals surface area contributed by atoms with E-state index in [-0.39, 0.29) is 23.5 Å². The molecule has 0 bridgehead atoms. The summed E-state index contributed by atoms with van der Waals surface area (Å²) in [5, 5.41) is 11.2. The van der Waals surface area contributed by atoms with Crippen molar-refractivity contribution in [3.8, 4) is 11.5 Å². The number of fused-ring (bicyclic) bond motifs is 1. The maximum atomic E-state index is 12.6. The van der Waals surface area contributed by atoms with Gasteiger partial charge in [0.25, 0.3) is 10.0 Å². The lowest BCUT2D eigenvalue weighted by Crippen LogP contribution is -2.15. The van der Waals surface area contributed by atoms with E-state index < -0.39 is 10.0 Å². The molecule has 144 valence electrons. The minimum absolute atomic E-state index is 0.0340. The molecule has 0 fully saturated rings. The van der Waals surface area contributed by atoms with Crippen LogP contribution in [0.1, 0.15) is 18.5 Å². The number of aromatic nitrogens is 2. The van der Waals surface area contributed by atoms with Crippen LogP contribution >= 0.6 is 0 Å². The summed E-state index contributed by atoms with van der Waals surface area (Å²) in [6, 6.07) is 17.6. The Morgan fingerprint density at radius 2 is 1.64 bits per heavy atom. The van der Waals surface area contributed by atoms with Crippen molar-refractivity contribution in [1.82, 2.24) is 10.2 Å². The van der Waals surface area contributed by atoms with E-state index in [4.69, 9.17) is 9.47 Å². The normalized spacial score (nSPS) is 13.8. The van der Waals surface area contributed by atoms with Crippen molar-refractivity contribution in [1.29, 1.82) is 0 Å². The van der Waals surface area contributed by atoms with Gasteiger partial charge in [0.1, 0.15) is 5.82 Å². The maximum absolute atomic E-state index is 12.6. The largest absolute Gasteiger partial charge is 0.454 e. The molecule has 0 spiro atoms. The zero-order chi connectivity index (χ0) is 19.6. The maximum Gasteiger partial charge on any atom is 0.263 e. The Hall–Kier alpha value is -3.33. The summed E-state index contributed by atoms with van der Waals surface area (Å²) in [6.45, 7) is 2.08. The second-order valence-corrected chi connectivity index (χ2v) is 7.88. The lowest BCUT2D eigenvalue weighted by atomic mass is 10.1. The molecule has 0 aliphatic carbocycles. The standard InChI is InChI=1S/C19H18N4O4S/c1-13(14-5-3-2-4-6-14)20-18-9-10-19(22-21-18)23-28(24,25)15-7-8-16-17(11-15)27-12-26-16/h2-11,13H,12H2,1H3,(H,20,21)(H,22,23). The smallest absolute Gasteiger partial charge is 0.263 e. The van der Waals surface area contributed by atoms with E-state index in [1.54, 1.807) is 18.2 Å². The van der Waals surface area contributed by atoms with Crippen LogP contribution in [0.5, 0.6) is 11.5 Å². The van der Waals surface area contributed by atoms with Gasteiger partial charge in [-0.1, -0.05) is 30.3 Å². The van der Waals surface area contributed by atoms with Gasteiger partial charge in [0.2, 0.25) is 6.79 Å². The minimum atomic E-state index is -3.82. The predicted molar refractivity (Wildman–Crippen MR) is 104 cm³/mol. The molecule has 28 heavy (non-hydrogen) atoms. The molecule has 1 aliphatic heterocycles. The van der Waals surface area contributed by atoms with Gasteiger partial charge in [0, 0.05) is 12.1 Å². The molecule has 0 saturated carbocycles. The average Bonchev–Trinajstić information content (AvgIpc) is 3.18. The summed E-state index contributed by atoms with van der Waals surface area (Å²) >= 11 is 0. The van der Waals surface area contributed by atoms with Gasteiger partial charge >= 0.3 is 0 Å². The van der Waals surface area contributed by atoms with Crippen LogP contribution in [0.2, 0.25) is 0 Å². The number of nitrogens with one attached hydrogen (secondary N) is 2. The quantitative estimate of drug-likeness (QED) is 0.657. The Labute approximate surface area is 162 Å². The highest BCUT2D eigenvalue weighted by Crippen LogP contribution is 2.34. The number of hydrogen-bond acceptors (Lipinski definition) is 7. The third-order valence-electron chi connectivity index (χ3n) is 4.22. The molecular weight excluding hydrogens is 380 g/mol. The van der Waals surface area contributed by atoms with Crippen molar-refractivity contribution in [2.45, 2.75) is 17.9 Å². The Morgan fingerprint density at radius 3 is 2.39 bits per heavy atom. The fourth-order valence-electron chi connectivity index (χ4n) is 2.75. The van der Waals surface area contributed by atoms with Crippen molar-refractivity contribution < 1.29 is 17.9 Å². The first-order valence-corrected chi connectivity index (χ1v) is 10.1. The summed E-state index contributed by atoms with van der Waals surface area (Å²) < 4.78 is 37.9. The monoisotopic (exact) mass is 398 g/mol. The van der Waals surface area contributed by atoms with Gasteiger partial charge in [0.15, 0.2) is 17.3 Å². The zero-order valence-corrected chi connectivity index (χ0v) is 15.8. The molecule has 0 radical (unpaired) electrons.